The number of nitrogens with one attached hydrogen (secondary N) is 2. The Hall–Kier alpha value is -1.96. The van der Waals surface area contributed by atoms with Crippen molar-refractivity contribution in [1.29, 1.82) is 0 Å². The second kappa shape index (κ2) is 15.8. The molecule has 0 saturated heterocycles. The van der Waals surface area contributed by atoms with Gasteiger partial charge in [-0.2, -0.15) is 0 Å². The topological polar surface area (TPSA) is 85.9 Å². The molecule has 0 bridgehead atoms. The number of aryl methyl sites for hydroxylation is 2. The van der Waals surface area contributed by atoms with Crippen LogP contribution in [0, 0.1) is 13.8 Å². The molecule has 0 aliphatic rings. The summed E-state index contributed by atoms with van der Waals surface area (Å²) in [5.74, 6) is 0.586. The average molecular weight is 439 g/mol. The number of hydrogen-bond donors (Lipinski definition) is 2. The monoisotopic (exact) mass is 438 g/mol. The molecular formula is C24H42N2O5. The first-order valence-electron chi connectivity index (χ1n) is 11.0. The highest BCUT2D eigenvalue weighted by Crippen LogP contribution is 2.38. The first-order chi connectivity index (χ1) is 14.7. The zero-order valence-corrected chi connectivity index (χ0v) is 20.6. The minimum Gasteiger partial charge on any atom is -0.410 e. The SMILES string of the molecule is CC.CNCCOCCOCCNC(=O)Oc1cc(C)cc(C)c1C(C)(C)CC(C)=O. The van der Waals surface area contributed by atoms with Crippen LogP contribution in [0.25, 0.3) is 0 Å². The van der Waals surface area contributed by atoms with Gasteiger partial charge in [0.05, 0.1) is 26.4 Å². The molecular weight excluding hydrogens is 396 g/mol. The van der Waals surface area contributed by atoms with Gasteiger partial charge in [0.15, 0.2) is 0 Å². The first-order valence-corrected chi connectivity index (χ1v) is 11.0. The van der Waals surface area contributed by atoms with Crippen molar-refractivity contribution in [3.05, 3.63) is 28.8 Å². The van der Waals surface area contributed by atoms with E-state index in [0.29, 0.717) is 45.1 Å². The largest absolute Gasteiger partial charge is 0.412 e. The lowest BCUT2D eigenvalue weighted by atomic mass is 9.77. The lowest BCUT2D eigenvalue weighted by Gasteiger charge is -2.28. The lowest BCUT2D eigenvalue weighted by molar-refractivity contribution is -0.118. The van der Waals surface area contributed by atoms with Crippen molar-refractivity contribution in [2.75, 3.05) is 46.6 Å². The molecule has 0 radical (unpaired) electrons. The highest BCUT2D eigenvalue weighted by Gasteiger charge is 2.29. The van der Waals surface area contributed by atoms with Crippen LogP contribution in [0.2, 0.25) is 0 Å². The Bertz CT molecular complexity index is 674. The number of carbonyl (C=O) groups excluding carboxylic acids is 2. The Morgan fingerprint density at radius 3 is 2.10 bits per heavy atom. The van der Waals surface area contributed by atoms with Crippen LogP contribution < -0.4 is 15.4 Å². The highest BCUT2D eigenvalue weighted by atomic mass is 16.6. The normalized spacial score (nSPS) is 10.8. The Labute approximate surface area is 188 Å². The van der Waals surface area contributed by atoms with Crippen molar-refractivity contribution in [3.8, 4) is 5.75 Å². The van der Waals surface area contributed by atoms with E-state index in [1.165, 1.54) is 0 Å². The summed E-state index contributed by atoms with van der Waals surface area (Å²) >= 11 is 0. The molecule has 2 N–H and O–H groups in total. The van der Waals surface area contributed by atoms with E-state index in [1.54, 1.807) is 6.92 Å². The van der Waals surface area contributed by atoms with Gasteiger partial charge in [0.25, 0.3) is 0 Å². The molecule has 1 aromatic carbocycles. The second-order valence-corrected chi connectivity index (χ2v) is 7.86. The van der Waals surface area contributed by atoms with Gasteiger partial charge < -0.3 is 24.8 Å². The fourth-order valence-corrected chi connectivity index (χ4v) is 3.44. The third kappa shape index (κ3) is 11.9. The predicted octanol–water partition coefficient (Wildman–Crippen LogP) is 3.93. The van der Waals surface area contributed by atoms with E-state index < -0.39 is 11.5 Å². The number of amides is 1. The maximum absolute atomic E-state index is 12.3. The molecule has 7 nitrogen and oxygen atoms in total. The van der Waals surface area contributed by atoms with Crippen LogP contribution >= 0.6 is 0 Å². The highest BCUT2D eigenvalue weighted by molar-refractivity contribution is 5.78. The third-order valence-corrected chi connectivity index (χ3v) is 4.40. The van der Waals surface area contributed by atoms with Crippen LogP contribution in [0.1, 0.15) is 57.7 Å². The zero-order valence-electron chi connectivity index (χ0n) is 20.6. The predicted molar refractivity (Wildman–Crippen MR) is 125 cm³/mol. The van der Waals surface area contributed by atoms with E-state index >= 15 is 0 Å². The molecule has 0 aliphatic heterocycles. The molecule has 178 valence electrons. The molecule has 0 atom stereocenters. The van der Waals surface area contributed by atoms with E-state index in [2.05, 4.69) is 10.6 Å². The minimum absolute atomic E-state index is 0.0949. The van der Waals surface area contributed by atoms with E-state index in [9.17, 15) is 9.59 Å². The third-order valence-electron chi connectivity index (χ3n) is 4.40. The summed E-state index contributed by atoms with van der Waals surface area (Å²) in [6.45, 7) is 16.6. The Balaban J connectivity index is 0.00000436. The Morgan fingerprint density at radius 1 is 0.968 bits per heavy atom. The molecule has 0 unspecified atom stereocenters. The number of hydrogen-bond acceptors (Lipinski definition) is 6. The van der Waals surface area contributed by atoms with Gasteiger partial charge in [0.2, 0.25) is 0 Å². The van der Waals surface area contributed by atoms with Crippen molar-refractivity contribution in [3.63, 3.8) is 0 Å². The number of rotatable bonds is 13. The summed E-state index contributed by atoms with van der Waals surface area (Å²) in [5, 5.41) is 5.69. The lowest BCUT2D eigenvalue weighted by Crippen LogP contribution is -2.32. The summed E-state index contributed by atoms with van der Waals surface area (Å²) < 4.78 is 16.4. The number of carbonyl (C=O) groups is 2. The number of benzene rings is 1. The van der Waals surface area contributed by atoms with Crippen molar-refractivity contribution >= 4 is 11.9 Å². The molecule has 0 spiro atoms. The Morgan fingerprint density at radius 2 is 1.55 bits per heavy atom. The van der Waals surface area contributed by atoms with Crippen molar-refractivity contribution in [2.45, 2.75) is 60.3 Å². The van der Waals surface area contributed by atoms with Gasteiger partial charge in [-0.3, -0.25) is 4.79 Å². The van der Waals surface area contributed by atoms with Crippen LogP contribution in [-0.4, -0.2) is 58.4 Å². The quantitative estimate of drug-likeness (QED) is 0.454. The summed E-state index contributed by atoms with van der Waals surface area (Å²) in [7, 11) is 1.87. The van der Waals surface area contributed by atoms with Gasteiger partial charge >= 0.3 is 6.09 Å². The molecule has 31 heavy (non-hydrogen) atoms. The molecule has 0 saturated carbocycles. The van der Waals surface area contributed by atoms with Crippen LogP contribution in [0.4, 0.5) is 4.79 Å². The van der Waals surface area contributed by atoms with Crippen LogP contribution in [0.5, 0.6) is 5.75 Å². The van der Waals surface area contributed by atoms with Gasteiger partial charge in [-0.1, -0.05) is 33.8 Å². The number of Topliss-reactive ketones (excluding diaryl/α,β-unsaturated/α-hetero) is 1. The van der Waals surface area contributed by atoms with E-state index in [-0.39, 0.29) is 5.78 Å². The van der Waals surface area contributed by atoms with Crippen molar-refractivity contribution < 1.29 is 23.8 Å². The van der Waals surface area contributed by atoms with Gasteiger partial charge in [-0.15, -0.1) is 0 Å². The van der Waals surface area contributed by atoms with Crippen LogP contribution in [-0.2, 0) is 19.7 Å². The summed E-state index contributed by atoms with van der Waals surface area (Å²) in [6, 6.07) is 3.87. The first kappa shape index (κ1) is 29.0. The molecule has 0 heterocycles. The van der Waals surface area contributed by atoms with Crippen LogP contribution in [0.15, 0.2) is 12.1 Å². The number of ketones is 1. The molecule has 0 aromatic heterocycles. The van der Waals surface area contributed by atoms with Gasteiger partial charge in [0.1, 0.15) is 11.5 Å². The van der Waals surface area contributed by atoms with Gasteiger partial charge in [0, 0.05) is 30.5 Å². The molecule has 1 rings (SSSR count). The fraction of sp³-hybridized carbons (Fsp3) is 0.667. The zero-order chi connectivity index (χ0) is 23.9. The fourth-order valence-electron chi connectivity index (χ4n) is 3.44. The van der Waals surface area contributed by atoms with Gasteiger partial charge in [-0.05, 0) is 45.0 Å². The van der Waals surface area contributed by atoms with E-state index in [0.717, 1.165) is 23.2 Å². The molecule has 0 aliphatic carbocycles. The summed E-state index contributed by atoms with van der Waals surface area (Å²) in [4.78, 5) is 24.0. The van der Waals surface area contributed by atoms with E-state index in [1.807, 2.05) is 60.7 Å². The second-order valence-electron chi connectivity index (χ2n) is 7.86. The molecule has 7 heteroatoms. The number of ether oxygens (including phenoxy) is 3. The van der Waals surface area contributed by atoms with Crippen molar-refractivity contribution in [1.82, 2.24) is 10.6 Å². The average Bonchev–Trinajstić information content (AvgIpc) is 2.66. The maximum Gasteiger partial charge on any atom is 0.412 e. The molecule has 1 aromatic rings. The van der Waals surface area contributed by atoms with Crippen molar-refractivity contribution in [2.24, 2.45) is 0 Å². The van der Waals surface area contributed by atoms with E-state index in [4.69, 9.17) is 14.2 Å². The summed E-state index contributed by atoms with van der Waals surface area (Å²) in [5.41, 5.74) is 2.44. The van der Waals surface area contributed by atoms with Crippen LogP contribution in [0.3, 0.4) is 0 Å². The minimum atomic E-state index is -0.538. The standard InChI is InChI=1S/C22H36N2O5.C2H6/c1-16-13-17(2)20(22(4,5)15-18(3)25)19(14-16)29-21(26)24-8-10-28-12-11-27-9-7-23-6;1-2/h13-14,23H,7-12,15H2,1-6H3,(H,24,26);1-2H3. The maximum atomic E-state index is 12.3. The molecule has 0 fully saturated rings. The smallest absolute Gasteiger partial charge is 0.410 e. The van der Waals surface area contributed by atoms with Gasteiger partial charge in [-0.25, -0.2) is 4.79 Å². The summed E-state index contributed by atoms with van der Waals surface area (Å²) in [6.07, 6.45) is -0.164. The number of likely N-dealkylation sites (N-methyl/N-ethyl adjacent to an activating group) is 1. The Kier molecular flexibility index (Phi) is 14.8. The molecule has 1 amide bonds.